The minimum atomic E-state index is -0.961. The van der Waals surface area contributed by atoms with Crippen LogP contribution in [0.2, 0.25) is 0 Å². The summed E-state index contributed by atoms with van der Waals surface area (Å²) in [4.78, 5) is 53.7. The second-order valence-corrected chi connectivity index (χ2v) is 6.95. The number of nitrogens with zero attached hydrogens (tertiary/aromatic N) is 1. The van der Waals surface area contributed by atoms with Crippen molar-refractivity contribution in [3.8, 4) is 0 Å². The Morgan fingerprint density at radius 1 is 1.03 bits per heavy atom. The van der Waals surface area contributed by atoms with Crippen LogP contribution in [0.1, 0.15) is 26.3 Å². The van der Waals surface area contributed by atoms with Gasteiger partial charge in [0, 0.05) is 23.5 Å². The molecular formula is C22H19N3O5. The number of hydrogen-bond acceptors (Lipinski definition) is 5. The lowest BCUT2D eigenvalue weighted by molar-refractivity contribution is -0.145. The maximum atomic E-state index is 12.6. The van der Waals surface area contributed by atoms with Gasteiger partial charge in [-0.1, -0.05) is 30.3 Å². The standard InChI is InChI=1S/C22H19N3O5/c1-30-22(29)18(10-13-11-23-17-9-5-4-6-14(13)17)24-19(26)12-25-20(27)15-7-2-3-8-16(15)21(25)28/h2-9,11,18,23H,10,12H2,1H3,(H,24,26)/t18-/m1/s1. The minimum absolute atomic E-state index is 0.199. The summed E-state index contributed by atoms with van der Waals surface area (Å²) < 4.78 is 4.83. The maximum absolute atomic E-state index is 12.6. The normalized spacial score (nSPS) is 14.0. The molecule has 1 aromatic heterocycles. The van der Waals surface area contributed by atoms with Crippen molar-refractivity contribution in [2.45, 2.75) is 12.5 Å². The largest absolute Gasteiger partial charge is 0.467 e. The summed E-state index contributed by atoms with van der Waals surface area (Å²) >= 11 is 0. The number of aromatic amines is 1. The summed E-state index contributed by atoms with van der Waals surface area (Å²) in [5.41, 5.74) is 2.27. The first-order valence-corrected chi connectivity index (χ1v) is 9.37. The number of hydrogen-bond donors (Lipinski definition) is 2. The van der Waals surface area contributed by atoms with Crippen LogP contribution in [0.15, 0.2) is 54.7 Å². The first kappa shape index (κ1) is 19.4. The van der Waals surface area contributed by atoms with Crippen molar-refractivity contribution < 1.29 is 23.9 Å². The molecule has 1 atom stereocenters. The van der Waals surface area contributed by atoms with E-state index in [4.69, 9.17) is 4.74 Å². The molecule has 0 saturated heterocycles. The van der Waals surface area contributed by atoms with Crippen LogP contribution in [0.3, 0.4) is 0 Å². The molecule has 0 bridgehead atoms. The number of nitrogens with one attached hydrogen (secondary N) is 2. The van der Waals surface area contributed by atoms with Crippen LogP contribution < -0.4 is 5.32 Å². The lowest BCUT2D eigenvalue weighted by Crippen LogP contribution is -2.48. The van der Waals surface area contributed by atoms with Gasteiger partial charge in [0.2, 0.25) is 5.91 Å². The Bertz CT molecular complexity index is 1130. The average molecular weight is 405 g/mol. The number of carbonyl (C=O) groups excluding carboxylic acids is 4. The smallest absolute Gasteiger partial charge is 0.328 e. The summed E-state index contributed by atoms with van der Waals surface area (Å²) in [5.74, 6) is -2.30. The van der Waals surface area contributed by atoms with Crippen molar-refractivity contribution in [1.82, 2.24) is 15.2 Å². The summed E-state index contributed by atoms with van der Waals surface area (Å²) in [6, 6.07) is 13.0. The van der Waals surface area contributed by atoms with Crippen LogP contribution in [0.4, 0.5) is 0 Å². The van der Waals surface area contributed by atoms with Crippen molar-refractivity contribution in [1.29, 1.82) is 0 Å². The van der Waals surface area contributed by atoms with Crippen LogP contribution in [-0.4, -0.2) is 53.3 Å². The van der Waals surface area contributed by atoms with Gasteiger partial charge in [-0.2, -0.15) is 0 Å². The predicted octanol–water partition coefficient (Wildman–Crippen LogP) is 1.66. The third-order valence-electron chi connectivity index (χ3n) is 5.10. The van der Waals surface area contributed by atoms with E-state index in [0.717, 1.165) is 21.4 Å². The number of amides is 3. The molecule has 8 nitrogen and oxygen atoms in total. The number of esters is 1. The van der Waals surface area contributed by atoms with Gasteiger partial charge in [-0.25, -0.2) is 4.79 Å². The van der Waals surface area contributed by atoms with Gasteiger partial charge in [0.15, 0.2) is 0 Å². The van der Waals surface area contributed by atoms with E-state index in [1.807, 2.05) is 24.3 Å². The molecule has 0 fully saturated rings. The number of fused-ring (bicyclic) bond motifs is 2. The van der Waals surface area contributed by atoms with Crippen LogP contribution in [-0.2, 0) is 20.7 Å². The molecule has 8 heteroatoms. The summed E-state index contributed by atoms with van der Waals surface area (Å²) in [7, 11) is 1.24. The molecule has 0 saturated carbocycles. The number of rotatable bonds is 6. The molecule has 1 aliphatic rings. The number of ether oxygens (including phenoxy) is 1. The van der Waals surface area contributed by atoms with E-state index in [1.54, 1.807) is 30.5 Å². The van der Waals surface area contributed by atoms with E-state index in [1.165, 1.54) is 7.11 Å². The fourth-order valence-electron chi connectivity index (χ4n) is 3.62. The highest BCUT2D eigenvalue weighted by Crippen LogP contribution is 2.22. The zero-order chi connectivity index (χ0) is 21.3. The lowest BCUT2D eigenvalue weighted by atomic mass is 10.0. The Morgan fingerprint density at radius 3 is 2.33 bits per heavy atom. The third kappa shape index (κ3) is 3.43. The van der Waals surface area contributed by atoms with Crippen LogP contribution >= 0.6 is 0 Å². The fourth-order valence-corrected chi connectivity index (χ4v) is 3.62. The van der Waals surface area contributed by atoms with Gasteiger partial charge in [-0.05, 0) is 23.8 Å². The molecule has 3 amide bonds. The van der Waals surface area contributed by atoms with Crippen molar-refractivity contribution in [3.63, 3.8) is 0 Å². The Balaban J connectivity index is 1.49. The Kier molecular flexibility index (Phi) is 5.05. The van der Waals surface area contributed by atoms with Crippen LogP contribution in [0.5, 0.6) is 0 Å². The molecule has 152 valence electrons. The van der Waals surface area contributed by atoms with Gasteiger partial charge in [-0.3, -0.25) is 19.3 Å². The number of imide groups is 1. The highest BCUT2D eigenvalue weighted by molar-refractivity contribution is 6.22. The highest BCUT2D eigenvalue weighted by atomic mass is 16.5. The van der Waals surface area contributed by atoms with Crippen LogP contribution in [0.25, 0.3) is 10.9 Å². The molecule has 0 spiro atoms. The van der Waals surface area contributed by atoms with Crippen molar-refractivity contribution in [2.24, 2.45) is 0 Å². The van der Waals surface area contributed by atoms with E-state index in [-0.39, 0.29) is 17.5 Å². The fraction of sp³-hybridized carbons (Fsp3) is 0.182. The van der Waals surface area contributed by atoms with Crippen LogP contribution in [0, 0.1) is 0 Å². The number of benzene rings is 2. The van der Waals surface area contributed by atoms with Gasteiger partial charge in [-0.15, -0.1) is 0 Å². The van der Waals surface area contributed by atoms with E-state index >= 15 is 0 Å². The molecule has 0 unspecified atom stereocenters. The predicted molar refractivity (Wildman–Crippen MR) is 108 cm³/mol. The van der Waals surface area contributed by atoms with Gasteiger partial charge >= 0.3 is 5.97 Å². The van der Waals surface area contributed by atoms with E-state index in [0.29, 0.717) is 0 Å². The summed E-state index contributed by atoms with van der Waals surface area (Å²) in [6.07, 6.45) is 1.97. The molecule has 3 aromatic rings. The van der Waals surface area contributed by atoms with E-state index < -0.39 is 36.3 Å². The van der Waals surface area contributed by atoms with Crippen molar-refractivity contribution in [2.75, 3.05) is 13.7 Å². The molecule has 2 heterocycles. The molecule has 4 rings (SSSR count). The molecule has 2 N–H and O–H groups in total. The molecule has 0 radical (unpaired) electrons. The number of para-hydroxylation sites is 1. The maximum Gasteiger partial charge on any atom is 0.328 e. The second kappa shape index (κ2) is 7.82. The average Bonchev–Trinajstić information content (AvgIpc) is 3.27. The zero-order valence-electron chi connectivity index (χ0n) is 16.2. The van der Waals surface area contributed by atoms with Gasteiger partial charge in [0.25, 0.3) is 11.8 Å². The Morgan fingerprint density at radius 2 is 1.67 bits per heavy atom. The number of H-pyrrole nitrogens is 1. The quantitative estimate of drug-likeness (QED) is 0.479. The topological polar surface area (TPSA) is 109 Å². The Labute approximate surface area is 171 Å². The van der Waals surface area contributed by atoms with Crippen molar-refractivity contribution in [3.05, 3.63) is 71.4 Å². The molecule has 2 aromatic carbocycles. The molecular weight excluding hydrogens is 386 g/mol. The number of aromatic nitrogens is 1. The number of carbonyl (C=O) groups is 4. The van der Waals surface area contributed by atoms with Gasteiger partial charge < -0.3 is 15.0 Å². The van der Waals surface area contributed by atoms with Gasteiger partial charge in [0.05, 0.1) is 18.2 Å². The minimum Gasteiger partial charge on any atom is -0.467 e. The highest BCUT2D eigenvalue weighted by Gasteiger charge is 2.36. The lowest BCUT2D eigenvalue weighted by Gasteiger charge is -2.19. The van der Waals surface area contributed by atoms with E-state index in [2.05, 4.69) is 10.3 Å². The summed E-state index contributed by atoms with van der Waals surface area (Å²) in [5, 5.41) is 3.52. The molecule has 1 aliphatic heterocycles. The SMILES string of the molecule is COC(=O)[C@@H](Cc1c[nH]c2ccccc12)NC(=O)CN1C(=O)c2ccccc2C1=O. The zero-order valence-corrected chi connectivity index (χ0v) is 16.2. The first-order chi connectivity index (χ1) is 14.5. The third-order valence-corrected chi connectivity index (χ3v) is 5.10. The first-order valence-electron chi connectivity index (χ1n) is 9.37. The molecule has 30 heavy (non-hydrogen) atoms. The monoisotopic (exact) mass is 405 g/mol. The second-order valence-electron chi connectivity index (χ2n) is 6.95. The van der Waals surface area contributed by atoms with E-state index in [9.17, 15) is 19.2 Å². The summed E-state index contributed by atoms with van der Waals surface area (Å²) in [6.45, 7) is -0.478. The van der Waals surface area contributed by atoms with Crippen molar-refractivity contribution >= 4 is 34.6 Å². The Hall–Kier alpha value is -3.94. The molecule has 0 aliphatic carbocycles. The number of methoxy groups -OCH3 is 1. The van der Waals surface area contributed by atoms with Gasteiger partial charge in [0.1, 0.15) is 12.6 Å².